The molecule has 242 valence electrons. The van der Waals surface area contributed by atoms with Crippen LogP contribution in [0.15, 0.2) is 106 Å². The molecule has 10 unspecified atom stereocenters. The van der Waals surface area contributed by atoms with E-state index in [1.165, 1.54) is 62.5 Å². The van der Waals surface area contributed by atoms with Gasteiger partial charge in [0.05, 0.1) is 0 Å². The Bertz CT molecular complexity index is 1900. The maximum absolute atomic E-state index is 15.2. The predicted octanol–water partition coefficient (Wildman–Crippen LogP) is 11.8. The molecule has 0 bridgehead atoms. The topological polar surface area (TPSA) is 17.1 Å². The first-order valence-electron chi connectivity index (χ1n) is 18.3. The van der Waals surface area contributed by atoms with E-state index in [1.54, 1.807) is 0 Å². The lowest BCUT2D eigenvalue weighted by Gasteiger charge is -2.62. The average molecular weight is 759 g/mol. The Morgan fingerprint density at radius 1 is 0.542 bits per heavy atom. The molecule has 0 spiro atoms. The van der Waals surface area contributed by atoms with Crippen molar-refractivity contribution in [3.63, 3.8) is 0 Å². The Morgan fingerprint density at radius 2 is 1.17 bits per heavy atom. The number of rotatable bonds is 3. The highest BCUT2D eigenvalue weighted by atomic mass is 79.9. The molecule has 0 N–H and O–H groups in total. The summed E-state index contributed by atoms with van der Waals surface area (Å²) in [6.07, 6.45) is 11.0. The van der Waals surface area contributed by atoms with Crippen molar-refractivity contribution >= 4 is 37.6 Å². The van der Waals surface area contributed by atoms with Crippen LogP contribution in [-0.2, 0) is 4.79 Å². The van der Waals surface area contributed by atoms with Gasteiger partial charge in [0.1, 0.15) is 5.78 Å². The summed E-state index contributed by atoms with van der Waals surface area (Å²) in [6, 6.07) is 34.5. The van der Waals surface area contributed by atoms with E-state index in [1.807, 2.05) is 24.3 Å². The Hall–Kier alpha value is -2.93. The molecule has 1 nitrogen and oxygen atoms in total. The standard InChI is InChI=1S/C45H42Br2O/c46-34-22-16-27(17-23-34)15-18-28-21-24-35(47)26-38(28)32-11-4-12-33(25-32)42-44-37-14-6-10-31-20-19-30-9-5-13-36(39(30)40(31)37)43(44)41(45(42)48)29-7-2-1-3-8-29/h1-4,7-8,11-12,16-17,21-26,30-31,36-37,39-44H,5-6,9-10,13-14,19-20H2. The minimum atomic E-state index is -0.0448. The maximum Gasteiger partial charge on any atom is 0.148 e. The summed E-state index contributed by atoms with van der Waals surface area (Å²) in [5.74, 6) is 13.0. The number of hydrogen-bond donors (Lipinski definition) is 0. The monoisotopic (exact) mass is 756 g/mol. The fourth-order valence-corrected chi connectivity index (χ4v) is 12.5. The van der Waals surface area contributed by atoms with Crippen molar-refractivity contribution in [2.75, 3.05) is 0 Å². The highest BCUT2D eigenvalue weighted by Crippen LogP contribution is 2.69. The first-order chi connectivity index (χ1) is 23.5. The summed E-state index contributed by atoms with van der Waals surface area (Å²) < 4.78 is 2.09. The highest BCUT2D eigenvalue weighted by Gasteiger charge is 2.65. The number of halogens is 2. The van der Waals surface area contributed by atoms with Crippen LogP contribution in [0.1, 0.15) is 85.5 Å². The summed E-state index contributed by atoms with van der Waals surface area (Å²) in [5.41, 5.74) is 6.73. The SMILES string of the molecule is O=C1C(c2ccccc2)C2C3CCCC4CCC5CCCC(C5C43)C2C1c1cccc(-c2cc(Br)ccc2C#Cc2ccc(Br)cc2)c1. The van der Waals surface area contributed by atoms with E-state index in [-0.39, 0.29) is 11.8 Å². The molecule has 5 saturated carbocycles. The Labute approximate surface area is 302 Å². The van der Waals surface area contributed by atoms with Crippen LogP contribution < -0.4 is 0 Å². The maximum atomic E-state index is 15.2. The molecule has 5 aliphatic carbocycles. The summed E-state index contributed by atoms with van der Waals surface area (Å²) >= 11 is 7.29. The molecule has 0 amide bonds. The van der Waals surface area contributed by atoms with Gasteiger partial charge in [-0.15, -0.1) is 0 Å². The molecule has 0 aliphatic heterocycles. The van der Waals surface area contributed by atoms with Crippen molar-refractivity contribution in [3.05, 3.63) is 128 Å². The third kappa shape index (κ3) is 5.29. The zero-order valence-corrected chi connectivity index (χ0v) is 30.5. The molecular formula is C45H42Br2O. The Balaban J connectivity index is 1.16. The quantitative estimate of drug-likeness (QED) is 0.190. The minimum Gasteiger partial charge on any atom is -0.298 e. The smallest absolute Gasteiger partial charge is 0.148 e. The van der Waals surface area contributed by atoms with Crippen LogP contribution in [0.5, 0.6) is 0 Å². The van der Waals surface area contributed by atoms with Gasteiger partial charge in [-0.2, -0.15) is 0 Å². The predicted molar refractivity (Wildman–Crippen MR) is 201 cm³/mol. The first-order valence-corrected chi connectivity index (χ1v) is 19.9. The Morgan fingerprint density at radius 3 is 1.85 bits per heavy atom. The van der Waals surface area contributed by atoms with Gasteiger partial charge in [-0.1, -0.05) is 124 Å². The normalized spacial score (nSPS) is 33.2. The molecule has 4 aromatic rings. The largest absolute Gasteiger partial charge is 0.298 e. The van der Waals surface area contributed by atoms with Gasteiger partial charge in [-0.05, 0) is 138 Å². The average Bonchev–Trinajstić information content (AvgIpc) is 3.44. The third-order valence-electron chi connectivity index (χ3n) is 13.4. The molecule has 48 heavy (non-hydrogen) atoms. The molecule has 5 aliphatic rings. The van der Waals surface area contributed by atoms with Crippen LogP contribution in [0, 0.1) is 59.2 Å². The van der Waals surface area contributed by atoms with Crippen molar-refractivity contribution < 1.29 is 4.79 Å². The molecule has 3 heteroatoms. The van der Waals surface area contributed by atoms with Gasteiger partial charge in [0, 0.05) is 31.9 Å². The van der Waals surface area contributed by atoms with Crippen LogP contribution in [0.25, 0.3) is 11.1 Å². The number of Topliss-reactive ketones (excluding diaryl/α,β-unsaturated/α-hetero) is 1. The van der Waals surface area contributed by atoms with Gasteiger partial charge in [-0.3, -0.25) is 4.79 Å². The number of ketones is 1. The van der Waals surface area contributed by atoms with Crippen LogP contribution >= 0.6 is 31.9 Å². The number of fused-ring (bicyclic) bond motifs is 3. The Kier molecular flexibility index (Phi) is 8.26. The minimum absolute atomic E-state index is 0.00932. The van der Waals surface area contributed by atoms with Crippen LogP contribution in [0.3, 0.4) is 0 Å². The number of hydrogen-bond acceptors (Lipinski definition) is 1. The zero-order chi connectivity index (χ0) is 32.4. The lowest BCUT2D eigenvalue weighted by Crippen LogP contribution is -2.56. The molecule has 0 heterocycles. The van der Waals surface area contributed by atoms with Gasteiger partial charge in [0.2, 0.25) is 0 Å². The van der Waals surface area contributed by atoms with Crippen molar-refractivity contribution in [2.24, 2.45) is 47.3 Å². The van der Waals surface area contributed by atoms with Gasteiger partial charge in [0.25, 0.3) is 0 Å². The lowest BCUT2D eigenvalue weighted by atomic mass is 9.42. The van der Waals surface area contributed by atoms with Crippen LogP contribution in [0.2, 0.25) is 0 Å². The molecule has 4 aromatic carbocycles. The van der Waals surface area contributed by atoms with E-state index in [4.69, 9.17) is 0 Å². The molecule has 0 aromatic heterocycles. The zero-order valence-electron chi connectivity index (χ0n) is 27.3. The molecule has 9 rings (SSSR count). The van der Waals surface area contributed by atoms with Crippen LogP contribution in [-0.4, -0.2) is 5.78 Å². The summed E-state index contributed by atoms with van der Waals surface area (Å²) in [5, 5.41) is 0. The van der Waals surface area contributed by atoms with Crippen molar-refractivity contribution in [1.82, 2.24) is 0 Å². The summed E-state index contributed by atoms with van der Waals surface area (Å²) in [7, 11) is 0. The fraction of sp³-hybridized carbons (Fsp3) is 0.400. The third-order valence-corrected chi connectivity index (χ3v) is 14.4. The molecule has 5 fully saturated rings. The van der Waals surface area contributed by atoms with E-state index in [0.29, 0.717) is 29.5 Å². The van der Waals surface area contributed by atoms with Gasteiger partial charge < -0.3 is 0 Å². The molecule has 10 atom stereocenters. The van der Waals surface area contributed by atoms with Crippen LogP contribution in [0.4, 0.5) is 0 Å². The summed E-state index contributed by atoms with van der Waals surface area (Å²) in [4.78, 5) is 15.2. The number of carbonyl (C=O) groups excluding carboxylic acids is 1. The second-order valence-electron chi connectivity index (χ2n) is 15.4. The lowest BCUT2D eigenvalue weighted by molar-refractivity contribution is -0.130. The number of benzene rings is 4. The molecule has 0 saturated heterocycles. The molecular weight excluding hydrogens is 716 g/mol. The van der Waals surface area contributed by atoms with E-state index in [2.05, 4.69) is 116 Å². The summed E-state index contributed by atoms with van der Waals surface area (Å²) in [6.45, 7) is 0. The van der Waals surface area contributed by atoms with E-state index >= 15 is 4.79 Å². The van der Waals surface area contributed by atoms with Crippen molar-refractivity contribution in [3.8, 4) is 23.0 Å². The number of carbonyl (C=O) groups is 1. The fourth-order valence-electron chi connectivity index (χ4n) is 11.9. The van der Waals surface area contributed by atoms with E-state index in [0.717, 1.165) is 54.9 Å². The van der Waals surface area contributed by atoms with E-state index < -0.39 is 0 Å². The van der Waals surface area contributed by atoms with Crippen molar-refractivity contribution in [1.29, 1.82) is 0 Å². The van der Waals surface area contributed by atoms with Crippen molar-refractivity contribution in [2.45, 2.75) is 63.2 Å². The second-order valence-corrected chi connectivity index (χ2v) is 17.3. The first kappa shape index (κ1) is 31.1. The second kappa shape index (κ2) is 12.8. The van der Waals surface area contributed by atoms with E-state index in [9.17, 15) is 0 Å². The molecule has 0 radical (unpaired) electrons. The van der Waals surface area contributed by atoms with Gasteiger partial charge in [-0.25, -0.2) is 0 Å². The van der Waals surface area contributed by atoms with Gasteiger partial charge >= 0.3 is 0 Å². The highest BCUT2D eigenvalue weighted by molar-refractivity contribution is 9.10. The van der Waals surface area contributed by atoms with Gasteiger partial charge in [0.15, 0.2) is 0 Å².